The van der Waals surface area contributed by atoms with Crippen molar-refractivity contribution < 1.29 is 22.8 Å². The lowest BCUT2D eigenvalue weighted by Crippen LogP contribution is -2.23. The highest BCUT2D eigenvalue weighted by molar-refractivity contribution is 7.89. The number of aromatic carboxylic acids is 1. The minimum Gasteiger partial charge on any atom is -0.478 e. The zero-order valence-corrected chi connectivity index (χ0v) is 10.4. The van der Waals surface area contributed by atoms with Gasteiger partial charge in [0.2, 0.25) is 10.0 Å². The summed E-state index contributed by atoms with van der Waals surface area (Å²) in [5.41, 5.74) is 0.0224. The molecule has 0 amide bonds. The SMILES string of the molecule is O=C(O)c1ccc(S(=O)(=O)NCc2ccno2)cc1. The Morgan fingerprint density at radius 1 is 1.26 bits per heavy atom. The lowest BCUT2D eigenvalue weighted by atomic mass is 10.2. The van der Waals surface area contributed by atoms with Gasteiger partial charge in [-0.1, -0.05) is 5.16 Å². The third kappa shape index (κ3) is 3.18. The number of carboxylic acid groups (broad SMARTS) is 1. The van der Waals surface area contributed by atoms with Gasteiger partial charge >= 0.3 is 5.97 Å². The summed E-state index contributed by atoms with van der Waals surface area (Å²) in [4.78, 5) is 10.6. The van der Waals surface area contributed by atoms with E-state index in [2.05, 4.69) is 9.88 Å². The maximum atomic E-state index is 11.9. The molecule has 0 saturated heterocycles. The van der Waals surface area contributed by atoms with Crippen LogP contribution in [0.15, 0.2) is 45.9 Å². The first-order valence-corrected chi connectivity index (χ1v) is 6.70. The molecule has 0 bridgehead atoms. The van der Waals surface area contributed by atoms with Crippen LogP contribution >= 0.6 is 0 Å². The second-order valence-electron chi connectivity index (χ2n) is 3.63. The van der Waals surface area contributed by atoms with Crippen molar-refractivity contribution in [2.45, 2.75) is 11.4 Å². The van der Waals surface area contributed by atoms with Crippen molar-refractivity contribution in [2.24, 2.45) is 0 Å². The van der Waals surface area contributed by atoms with E-state index in [1.165, 1.54) is 36.5 Å². The number of nitrogens with zero attached hydrogens (tertiary/aromatic N) is 1. The number of sulfonamides is 1. The average Bonchev–Trinajstić information content (AvgIpc) is 2.90. The number of rotatable bonds is 5. The number of hydrogen-bond donors (Lipinski definition) is 2. The van der Waals surface area contributed by atoms with Gasteiger partial charge in [0.15, 0.2) is 5.76 Å². The maximum Gasteiger partial charge on any atom is 0.335 e. The van der Waals surface area contributed by atoms with Gasteiger partial charge < -0.3 is 9.63 Å². The van der Waals surface area contributed by atoms with Crippen LogP contribution in [-0.4, -0.2) is 24.7 Å². The molecule has 0 aliphatic heterocycles. The summed E-state index contributed by atoms with van der Waals surface area (Å²) in [6.45, 7) is -0.0248. The molecular formula is C11H10N2O5S. The van der Waals surface area contributed by atoms with Crippen molar-refractivity contribution in [2.75, 3.05) is 0 Å². The first kappa shape index (κ1) is 13.2. The van der Waals surface area contributed by atoms with Gasteiger partial charge in [-0.25, -0.2) is 17.9 Å². The molecule has 2 N–H and O–H groups in total. The highest BCUT2D eigenvalue weighted by Crippen LogP contribution is 2.11. The van der Waals surface area contributed by atoms with Crippen molar-refractivity contribution in [3.8, 4) is 0 Å². The molecule has 0 atom stereocenters. The number of carbonyl (C=O) groups is 1. The van der Waals surface area contributed by atoms with Gasteiger partial charge in [-0.3, -0.25) is 0 Å². The van der Waals surface area contributed by atoms with Crippen LogP contribution in [0.1, 0.15) is 16.1 Å². The third-order valence-electron chi connectivity index (χ3n) is 2.34. The molecule has 2 rings (SSSR count). The first-order chi connectivity index (χ1) is 8.99. The lowest BCUT2D eigenvalue weighted by Gasteiger charge is -2.05. The molecule has 0 unspecified atom stereocenters. The molecule has 8 heteroatoms. The smallest absolute Gasteiger partial charge is 0.335 e. The molecular weight excluding hydrogens is 272 g/mol. The molecule has 1 aromatic heterocycles. The summed E-state index contributed by atoms with van der Waals surface area (Å²) >= 11 is 0. The van der Waals surface area contributed by atoms with Gasteiger partial charge in [-0.2, -0.15) is 0 Å². The summed E-state index contributed by atoms with van der Waals surface area (Å²) in [7, 11) is -3.71. The molecule has 100 valence electrons. The minimum atomic E-state index is -3.71. The zero-order valence-electron chi connectivity index (χ0n) is 9.61. The Morgan fingerprint density at radius 2 is 1.95 bits per heavy atom. The number of aromatic nitrogens is 1. The number of benzene rings is 1. The Morgan fingerprint density at radius 3 is 2.47 bits per heavy atom. The van der Waals surface area contributed by atoms with Crippen molar-refractivity contribution in [1.82, 2.24) is 9.88 Å². The third-order valence-corrected chi connectivity index (χ3v) is 3.76. The molecule has 0 fully saturated rings. The van der Waals surface area contributed by atoms with Crippen LogP contribution in [0.5, 0.6) is 0 Å². The van der Waals surface area contributed by atoms with Crippen LogP contribution in [0.4, 0.5) is 0 Å². The van der Waals surface area contributed by atoms with Crippen molar-refractivity contribution >= 4 is 16.0 Å². The van der Waals surface area contributed by atoms with Gasteiger partial charge in [0.1, 0.15) is 0 Å². The first-order valence-electron chi connectivity index (χ1n) is 5.21. The summed E-state index contributed by atoms with van der Waals surface area (Å²) in [5.74, 6) is -0.732. The topological polar surface area (TPSA) is 110 Å². The molecule has 0 radical (unpaired) electrons. The van der Waals surface area contributed by atoms with Gasteiger partial charge in [0.05, 0.1) is 23.2 Å². The summed E-state index contributed by atoms with van der Waals surface area (Å²) < 4.78 is 30.9. The number of hydrogen-bond acceptors (Lipinski definition) is 5. The fourth-order valence-electron chi connectivity index (χ4n) is 1.36. The fourth-order valence-corrected chi connectivity index (χ4v) is 2.35. The van der Waals surface area contributed by atoms with Crippen LogP contribution in [-0.2, 0) is 16.6 Å². The largest absolute Gasteiger partial charge is 0.478 e. The van der Waals surface area contributed by atoms with Gasteiger partial charge in [-0.15, -0.1) is 0 Å². The standard InChI is InChI=1S/C11H10N2O5S/c14-11(15)8-1-3-10(4-2-8)19(16,17)13-7-9-5-6-12-18-9/h1-6,13H,7H2,(H,14,15). The Labute approximate surface area is 108 Å². The van der Waals surface area contributed by atoms with E-state index < -0.39 is 16.0 Å². The second kappa shape index (κ2) is 5.21. The zero-order chi connectivity index (χ0) is 13.9. The summed E-state index contributed by atoms with van der Waals surface area (Å²) in [6.07, 6.45) is 1.41. The molecule has 7 nitrogen and oxygen atoms in total. The normalized spacial score (nSPS) is 11.4. The highest BCUT2D eigenvalue weighted by Gasteiger charge is 2.15. The van der Waals surface area contributed by atoms with E-state index in [1.807, 2.05) is 0 Å². The van der Waals surface area contributed by atoms with Crippen LogP contribution in [0, 0.1) is 0 Å². The van der Waals surface area contributed by atoms with Crippen LogP contribution < -0.4 is 4.72 Å². The molecule has 1 aromatic carbocycles. The Kier molecular flexibility index (Phi) is 3.63. The van der Waals surface area contributed by atoms with Gasteiger partial charge in [0.25, 0.3) is 0 Å². The molecule has 19 heavy (non-hydrogen) atoms. The van der Waals surface area contributed by atoms with Crippen LogP contribution in [0.2, 0.25) is 0 Å². The van der Waals surface area contributed by atoms with Crippen molar-refractivity contribution in [1.29, 1.82) is 0 Å². The fraction of sp³-hybridized carbons (Fsp3) is 0.0909. The lowest BCUT2D eigenvalue weighted by molar-refractivity contribution is 0.0696. The molecule has 0 spiro atoms. The predicted molar refractivity (Wildman–Crippen MR) is 63.9 cm³/mol. The summed E-state index contributed by atoms with van der Waals surface area (Å²) in [5, 5.41) is 12.2. The van der Waals surface area contributed by atoms with Gasteiger partial charge in [0, 0.05) is 6.07 Å². The van der Waals surface area contributed by atoms with E-state index in [0.29, 0.717) is 5.76 Å². The molecule has 0 aliphatic rings. The van der Waals surface area contributed by atoms with E-state index in [-0.39, 0.29) is 17.0 Å². The van der Waals surface area contributed by atoms with E-state index >= 15 is 0 Å². The van der Waals surface area contributed by atoms with Crippen LogP contribution in [0.3, 0.4) is 0 Å². The minimum absolute atomic E-state index is 0.0167. The maximum absolute atomic E-state index is 11.9. The Balaban J connectivity index is 2.13. The average molecular weight is 282 g/mol. The number of nitrogens with one attached hydrogen (secondary N) is 1. The molecule has 0 saturated carbocycles. The van der Waals surface area contributed by atoms with Crippen molar-refractivity contribution in [3.63, 3.8) is 0 Å². The van der Waals surface area contributed by atoms with Gasteiger partial charge in [-0.05, 0) is 24.3 Å². The van der Waals surface area contributed by atoms with Crippen LogP contribution in [0.25, 0.3) is 0 Å². The number of carboxylic acids is 1. The highest BCUT2D eigenvalue weighted by atomic mass is 32.2. The molecule has 1 heterocycles. The van der Waals surface area contributed by atoms with E-state index in [4.69, 9.17) is 9.63 Å². The Hall–Kier alpha value is -2.19. The monoisotopic (exact) mass is 282 g/mol. The quantitative estimate of drug-likeness (QED) is 0.841. The molecule has 2 aromatic rings. The van der Waals surface area contributed by atoms with E-state index in [1.54, 1.807) is 0 Å². The second-order valence-corrected chi connectivity index (χ2v) is 5.40. The van der Waals surface area contributed by atoms with Crippen molar-refractivity contribution in [3.05, 3.63) is 47.9 Å². The molecule has 0 aliphatic carbocycles. The summed E-state index contributed by atoms with van der Waals surface area (Å²) in [6, 6.07) is 6.45. The van der Waals surface area contributed by atoms with E-state index in [9.17, 15) is 13.2 Å². The predicted octanol–water partition coefficient (Wildman–Crippen LogP) is 0.851. The Bertz CT molecular complexity index is 662. The van der Waals surface area contributed by atoms with E-state index in [0.717, 1.165) is 0 Å².